The van der Waals surface area contributed by atoms with E-state index in [0.29, 0.717) is 13.1 Å². The van der Waals surface area contributed by atoms with Gasteiger partial charge in [-0.15, -0.1) is 0 Å². The van der Waals surface area contributed by atoms with Crippen LogP contribution in [-0.2, 0) is 0 Å². The van der Waals surface area contributed by atoms with Crippen molar-refractivity contribution in [2.24, 2.45) is 5.41 Å². The normalized spacial score (nSPS) is 24.1. The van der Waals surface area contributed by atoms with E-state index in [1.165, 1.54) is 18.2 Å². The summed E-state index contributed by atoms with van der Waals surface area (Å²) >= 11 is 0. The highest BCUT2D eigenvalue weighted by molar-refractivity contribution is 5.97. The van der Waals surface area contributed by atoms with Crippen molar-refractivity contribution in [1.29, 1.82) is 0 Å². The molecule has 4 nitrogen and oxygen atoms in total. The summed E-state index contributed by atoms with van der Waals surface area (Å²) in [6.07, 6.45) is -5.83. The molecule has 2 aliphatic heterocycles. The summed E-state index contributed by atoms with van der Waals surface area (Å²) in [5.74, 6) is -0.992. The van der Waals surface area contributed by atoms with Crippen LogP contribution >= 0.6 is 0 Å². The number of piperidine rings is 1. The molecule has 1 amide bonds. The van der Waals surface area contributed by atoms with E-state index >= 15 is 0 Å². The number of hydrogen-bond donors (Lipinski definition) is 1. The van der Waals surface area contributed by atoms with Crippen LogP contribution < -0.4 is 10.1 Å². The third-order valence-electron chi connectivity index (χ3n) is 4.90. The van der Waals surface area contributed by atoms with Gasteiger partial charge in [0, 0.05) is 25.0 Å². The minimum Gasteiger partial charge on any atom is -0.427 e. The number of nitrogens with zero attached hydrogens (tertiary/aromatic N) is 1. The molecule has 1 atom stereocenters. The van der Waals surface area contributed by atoms with E-state index in [2.05, 4.69) is 10.1 Å². The van der Waals surface area contributed by atoms with Crippen LogP contribution in [0.25, 0.3) is 0 Å². The fraction of sp³-hybridized carbons (Fsp3) is 0.588. The van der Waals surface area contributed by atoms with Gasteiger partial charge >= 0.3 is 12.5 Å². The molecule has 2 heterocycles. The minimum atomic E-state index is -4.64. The first-order valence-electron chi connectivity index (χ1n) is 8.27. The zero-order chi connectivity index (χ0) is 18.1. The van der Waals surface area contributed by atoms with Crippen LogP contribution in [0.5, 0.6) is 5.75 Å². The van der Waals surface area contributed by atoms with Crippen LogP contribution in [0, 0.1) is 5.41 Å². The highest BCUT2D eigenvalue weighted by Crippen LogP contribution is 2.37. The average molecular weight is 360 g/mol. The zero-order valence-corrected chi connectivity index (χ0v) is 13.6. The number of halogens is 4. The van der Waals surface area contributed by atoms with Gasteiger partial charge in [-0.1, -0.05) is 12.1 Å². The summed E-state index contributed by atoms with van der Waals surface area (Å²) in [5, 5.41) is 3.29. The fourth-order valence-corrected chi connectivity index (χ4v) is 3.62. The van der Waals surface area contributed by atoms with Crippen molar-refractivity contribution in [2.45, 2.75) is 31.8 Å². The van der Waals surface area contributed by atoms with Gasteiger partial charge in [-0.25, -0.2) is 0 Å². The quantitative estimate of drug-likeness (QED) is 0.839. The Morgan fingerprint density at radius 3 is 2.72 bits per heavy atom. The number of carbonyl (C=O) groups excluding carboxylic acids is 1. The molecule has 138 valence electrons. The zero-order valence-electron chi connectivity index (χ0n) is 13.6. The summed E-state index contributed by atoms with van der Waals surface area (Å²) in [6, 6.07) is 5.30. The number of ether oxygens (including phenoxy) is 1. The Hall–Kier alpha value is -1.83. The number of amides is 1. The molecule has 2 saturated heterocycles. The molecule has 2 aliphatic rings. The standard InChI is InChI=1S/C17H20F4N2O2/c18-15(19)17(20,21)25-13-5-2-1-4-12(13)14(24)23-9-3-6-16(11-23)7-8-22-10-16/h1-2,4-5,15,22H,3,6-11H2/t16-/m0/s1. The van der Waals surface area contributed by atoms with Crippen LogP contribution in [-0.4, -0.2) is 49.5 Å². The van der Waals surface area contributed by atoms with E-state index in [4.69, 9.17) is 0 Å². The van der Waals surface area contributed by atoms with Crippen LogP contribution in [0.4, 0.5) is 17.6 Å². The van der Waals surface area contributed by atoms with E-state index in [9.17, 15) is 22.4 Å². The van der Waals surface area contributed by atoms with Crippen molar-refractivity contribution in [3.8, 4) is 5.75 Å². The third-order valence-corrected chi connectivity index (χ3v) is 4.90. The smallest absolute Gasteiger partial charge is 0.427 e. The highest BCUT2D eigenvalue weighted by atomic mass is 19.3. The molecule has 0 radical (unpaired) electrons. The molecule has 0 aliphatic carbocycles. The minimum absolute atomic E-state index is 0.0105. The van der Waals surface area contributed by atoms with Crippen LogP contribution in [0.3, 0.4) is 0 Å². The molecule has 0 bridgehead atoms. The Kier molecular flexibility index (Phi) is 4.90. The summed E-state index contributed by atoms with van der Waals surface area (Å²) in [5.41, 5.74) is -0.109. The molecule has 0 saturated carbocycles. The van der Waals surface area contributed by atoms with Crippen molar-refractivity contribution < 1.29 is 27.1 Å². The summed E-state index contributed by atoms with van der Waals surface area (Å²) in [7, 11) is 0. The fourth-order valence-electron chi connectivity index (χ4n) is 3.62. The number of para-hydroxylation sites is 1. The van der Waals surface area contributed by atoms with Crippen LogP contribution in [0.1, 0.15) is 29.6 Å². The molecular weight excluding hydrogens is 340 g/mol. The summed E-state index contributed by atoms with van der Waals surface area (Å²) in [6.45, 7) is 2.75. The number of carbonyl (C=O) groups is 1. The Bertz CT molecular complexity index is 633. The second-order valence-electron chi connectivity index (χ2n) is 6.72. The van der Waals surface area contributed by atoms with Gasteiger partial charge < -0.3 is 15.0 Å². The highest BCUT2D eigenvalue weighted by Gasteiger charge is 2.45. The van der Waals surface area contributed by atoms with Gasteiger partial charge in [0.2, 0.25) is 0 Å². The first kappa shape index (κ1) is 18.0. The molecule has 25 heavy (non-hydrogen) atoms. The summed E-state index contributed by atoms with van der Waals surface area (Å²) in [4.78, 5) is 14.4. The topological polar surface area (TPSA) is 41.6 Å². The van der Waals surface area contributed by atoms with Crippen LogP contribution in [0.15, 0.2) is 24.3 Å². The van der Waals surface area contributed by atoms with Gasteiger partial charge in [-0.05, 0) is 37.9 Å². The molecule has 1 spiro atoms. The second kappa shape index (κ2) is 6.82. The second-order valence-corrected chi connectivity index (χ2v) is 6.72. The number of hydrogen-bond acceptors (Lipinski definition) is 3. The van der Waals surface area contributed by atoms with Gasteiger partial charge in [0.25, 0.3) is 5.91 Å². The molecule has 8 heteroatoms. The predicted molar refractivity (Wildman–Crippen MR) is 83.1 cm³/mol. The van der Waals surface area contributed by atoms with Gasteiger partial charge in [0.05, 0.1) is 5.56 Å². The maximum Gasteiger partial charge on any atom is 0.461 e. The van der Waals surface area contributed by atoms with Gasteiger partial charge in [-0.3, -0.25) is 4.79 Å². The monoisotopic (exact) mass is 360 g/mol. The van der Waals surface area contributed by atoms with E-state index in [1.807, 2.05) is 0 Å². The number of rotatable bonds is 4. The lowest BCUT2D eigenvalue weighted by atomic mass is 9.79. The lowest BCUT2D eigenvalue weighted by Crippen LogP contribution is -2.47. The average Bonchev–Trinajstić information content (AvgIpc) is 3.02. The number of alkyl halides is 4. The number of likely N-dealkylation sites (tertiary alicyclic amines) is 1. The van der Waals surface area contributed by atoms with Gasteiger partial charge in [-0.2, -0.15) is 17.6 Å². The molecule has 0 aromatic heterocycles. The van der Waals surface area contributed by atoms with Gasteiger partial charge in [0.15, 0.2) is 0 Å². The number of nitrogens with one attached hydrogen (secondary N) is 1. The maximum absolute atomic E-state index is 13.3. The van der Waals surface area contributed by atoms with Crippen molar-refractivity contribution in [1.82, 2.24) is 10.2 Å². The predicted octanol–water partition coefficient (Wildman–Crippen LogP) is 3.14. The molecule has 1 aromatic carbocycles. The lowest BCUT2D eigenvalue weighted by molar-refractivity contribution is -0.253. The van der Waals surface area contributed by atoms with Crippen molar-refractivity contribution in [3.63, 3.8) is 0 Å². The lowest BCUT2D eigenvalue weighted by Gasteiger charge is -2.40. The Morgan fingerprint density at radius 1 is 1.28 bits per heavy atom. The Balaban J connectivity index is 1.80. The Labute approximate surface area is 143 Å². The van der Waals surface area contributed by atoms with E-state index in [1.54, 1.807) is 4.90 Å². The van der Waals surface area contributed by atoms with Crippen molar-refractivity contribution in [3.05, 3.63) is 29.8 Å². The molecule has 3 rings (SSSR count). The molecule has 1 N–H and O–H groups in total. The molecule has 2 fully saturated rings. The first-order valence-corrected chi connectivity index (χ1v) is 8.27. The largest absolute Gasteiger partial charge is 0.461 e. The summed E-state index contributed by atoms with van der Waals surface area (Å²) < 4.78 is 55.5. The molecular formula is C17H20F4N2O2. The van der Waals surface area contributed by atoms with E-state index < -0.39 is 24.2 Å². The first-order chi connectivity index (χ1) is 11.8. The number of benzene rings is 1. The van der Waals surface area contributed by atoms with Gasteiger partial charge in [0.1, 0.15) is 5.75 Å². The SMILES string of the molecule is O=C(c1ccccc1OC(F)(F)C(F)F)N1CCC[C@@]2(CCNC2)C1. The van der Waals surface area contributed by atoms with Crippen molar-refractivity contribution >= 4 is 5.91 Å². The molecule has 0 unspecified atom stereocenters. The van der Waals surface area contributed by atoms with Crippen molar-refractivity contribution in [2.75, 3.05) is 26.2 Å². The van der Waals surface area contributed by atoms with Crippen LogP contribution in [0.2, 0.25) is 0 Å². The Morgan fingerprint density at radius 2 is 2.04 bits per heavy atom. The van der Waals surface area contributed by atoms with E-state index in [-0.39, 0.29) is 11.0 Å². The molecule has 1 aromatic rings. The van der Waals surface area contributed by atoms with E-state index in [0.717, 1.165) is 38.4 Å². The third kappa shape index (κ3) is 3.73. The maximum atomic E-state index is 13.3.